The molecule has 14 heavy (non-hydrogen) atoms. The van der Waals surface area contributed by atoms with Crippen molar-refractivity contribution in [2.75, 3.05) is 23.7 Å². The van der Waals surface area contributed by atoms with Crippen LogP contribution in [0.3, 0.4) is 0 Å². The second kappa shape index (κ2) is 5.78. The smallest absolute Gasteiger partial charge is 0.276 e. The summed E-state index contributed by atoms with van der Waals surface area (Å²) in [4.78, 5) is 2.90. The van der Waals surface area contributed by atoms with Gasteiger partial charge in [0.2, 0.25) is 0 Å². The predicted octanol–water partition coefficient (Wildman–Crippen LogP) is 1.83. The van der Waals surface area contributed by atoms with Crippen molar-refractivity contribution < 1.29 is 4.79 Å². The molecule has 1 aromatic carbocycles. The molecule has 0 aliphatic heterocycles. The maximum absolute atomic E-state index is 8.18. The van der Waals surface area contributed by atoms with Gasteiger partial charge in [0.05, 0.1) is 0 Å². The van der Waals surface area contributed by atoms with Crippen molar-refractivity contribution in [1.82, 2.24) is 0 Å². The SMILES string of the molecule is CCNc1ccc(NCC=[N+]=[N-])cc1. The predicted molar refractivity (Wildman–Crippen MR) is 58.8 cm³/mol. The Kier molecular flexibility index (Phi) is 4.24. The fraction of sp³-hybridized carbons (Fsp3) is 0.300. The molecule has 4 nitrogen and oxygen atoms in total. The third-order valence-corrected chi connectivity index (χ3v) is 1.74. The second-order valence-corrected chi connectivity index (χ2v) is 2.79. The van der Waals surface area contributed by atoms with Crippen molar-refractivity contribution in [2.24, 2.45) is 0 Å². The van der Waals surface area contributed by atoms with Gasteiger partial charge in [0, 0.05) is 17.9 Å². The highest BCUT2D eigenvalue weighted by Crippen LogP contribution is 2.12. The molecule has 4 heteroatoms. The van der Waals surface area contributed by atoms with Crippen LogP contribution in [-0.4, -0.2) is 24.1 Å². The first kappa shape index (κ1) is 10.3. The summed E-state index contributed by atoms with van der Waals surface area (Å²) >= 11 is 0. The van der Waals surface area contributed by atoms with E-state index in [9.17, 15) is 0 Å². The lowest BCUT2D eigenvalue weighted by molar-refractivity contribution is 0.00252. The van der Waals surface area contributed by atoms with Crippen molar-refractivity contribution in [3.63, 3.8) is 0 Å². The van der Waals surface area contributed by atoms with E-state index in [1.54, 1.807) is 0 Å². The minimum absolute atomic E-state index is 0.525. The van der Waals surface area contributed by atoms with Crippen LogP contribution >= 0.6 is 0 Å². The fourth-order valence-electron chi connectivity index (χ4n) is 1.11. The molecule has 0 saturated heterocycles. The van der Waals surface area contributed by atoms with Crippen LogP contribution in [0.2, 0.25) is 0 Å². The molecule has 0 aliphatic carbocycles. The van der Waals surface area contributed by atoms with Crippen LogP contribution in [-0.2, 0) is 0 Å². The lowest BCUT2D eigenvalue weighted by atomic mass is 10.3. The van der Waals surface area contributed by atoms with Crippen molar-refractivity contribution in [3.05, 3.63) is 29.8 Å². The molecule has 0 saturated carbocycles. The van der Waals surface area contributed by atoms with E-state index in [4.69, 9.17) is 5.53 Å². The standard InChI is InChI=1S/C10H14N4/c1-2-12-9-3-5-10(6-4-9)13-7-8-14-11/h3-6,8,12-13H,2,7H2,1H3. The van der Waals surface area contributed by atoms with Crippen molar-refractivity contribution >= 4 is 17.6 Å². The zero-order valence-electron chi connectivity index (χ0n) is 8.20. The number of rotatable bonds is 5. The molecule has 2 N–H and O–H groups in total. The summed E-state index contributed by atoms with van der Waals surface area (Å²) < 4.78 is 0. The molecule has 0 heterocycles. The molecule has 0 atom stereocenters. The highest BCUT2D eigenvalue weighted by Gasteiger charge is 1.92. The van der Waals surface area contributed by atoms with E-state index in [-0.39, 0.29) is 0 Å². The highest BCUT2D eigenvalue weighted by molar-refractivity contribution is 5.61. The molecule has 0 aromatic heterocycles. The number of benzene rings is 1. The third-order valence-electron chi connectivity index (χ3n) is 1.74. The van der Waals surface area contributed by atoms with Crippen LogP contribution < -0.4 is 10.6 Å². The Hall–Kier alpha value is -1.80. The number of nitrogens with zero attached hydrogens (tertiary/aromatic N) is 2. The molecule has 0 unspecified atom stereocenters. The maximum atomic E-state index is 8.18. The molecule has 0 aliphatic rings. The third kappa shape index (κ3) is 3.29. The first-order chi connectivity index (χ1) is 6.86. The number of hydrogen-bond donors (Lipinski definition) is 2. The van der Waals surface area contributed by atoms with Crippen LogP contribution in [0.4, 0.5) is 11.4 Å². The minimum atomic E-state index is 0.525. The van der Waals surface area contributed by atoms with E-state index in [0.717, 1.165) is 17.9 Å². The van der Waals surface area contributed by atoms with Gasteiger partial charge in [0.15, 0.2) is 0 Å². The van der Waals surface area contributed by atoms with Gasteiger partial charge in [0.1, 0.15) is 6.54 Å². The van der Waals surface area contributed by atoms with E-state index in [1.807, 2.05) is 24.3 Å². The van der Waals surface area contributed by atoms with Gasteiger partial charge < -0.3 is 16.2 Å². The zero-order chi connectivity index (χ0) is 10.2. The lowest BCUT2D eigenvalue weighted by Gasteiger charge is -2.04. The summed E-state index contributed by atoms with van der Waals surface area (Å²) in [6.07, 6.45) is 1.40. The van der Waals surface area contributed by atoms with Crippen LogP contribution in [0.5, 0.6) is 0 Å². The monoisotopic (exact) mass is 190 g/mol. The number of nitrogens with one attached hydrogen (secondary N) is 2. The first-order valence-corrected chi connectivity index (χ1v) is 4.60. The Morgan fingerprint density at radius 2 is 1.79 bits per heavy atom. The molecular weight excluding hydrogens is 176 g/mol. The van der Waals surface area contributed by atoms with E-state index >= 15 is 0 Å². The van der Waals surface area contributed by atoms with Gasteiger partial charge in [-0.3, -0.25) is 0 Å². The molecule has 0 fully saturated rings. The van der Waals surface area contributed by atoms with Gasteiger partial charge in [0.25, 0.3) is 6.21 Å². The average Bonchev–Trinajstić information content (AvgIpc) is 2.21. The molecule has 1 aromatic rings. The topological polar surface area (TPSA) is 60.5 Å². The van der Waals surface area contributed by atoms with Crippen LogP contribution in [0.1, 0.15) is 6.92 Å². The summed E-state index contributed by atoms with van der Waals surface area (Å²) in [7, 11) is 0. The Balaban J connectivity index is 2.50. The summed E-state index contributed by atoms with van der Waals surface area (Å²) in [5.41, 5.74) is 10.3. The fourth-order valence-corrected chi connectivity index (χ4v) is 1.11. The summed E-state index contributed by atoms with van der Waals surface area (Å²) in [5, 5.41) is 6.29. The molecule has 0 bridgehead atoms. The lowest BCUT2D eigenvalue weighted by Crippen LogP contribution is -2.03. The Labute approximate surface area is 83.6 Å². The number of hydrogen-bond acceptors (Lipinski definition) is 2. The summed E-state index contributed by atoms with van der Waals surface area (Å²) in [6, 6.07) is 7.95. The highest BCUT2D eigenvalue weighted by atomic mass is 14.9. The van der Waals surface area contributed by atoms with Gasteiger partial charge >= 0.3 is 0 Å². The minimum Gasteiger partial charge on any atom is -0.385 e. The normalized spacial score (nSPS) is 8.93. The van der Waals surface area contributed by atoms with Gasteiger partial charge in [-0.1, -0.05) is 0 Å². The van der Waals surface area contributed by atoms with Gasteiger partial charge in [-0.2, -0.15) is 4.79 Å². The molecular formula is C10H14N4. The van der Waals surface area contributed by atoms with E-state index in [2.05, 4.69) is 22.3 Å². The molecule has 74 valence electrons. The Morgan fingerprint density at radius 1 is 1.21 bits per heavy atom. The zero-order valence-corrected chi connectivity index (χ0v) is 8.20. The first-order valence-electron chi connectivity index (χ1n) is 4.60. The van der Waals surface area contributed by atoms with Gasteiger partial charge in [-0.15, -0.1) is 0 Å². The van der Waals surface area contributed by atoms with Gasteiger partial charge in [-0.25, -0.2) is 0 Å². The summed E-state index contributed by atoms with van der Waals surface area (Å²) in [6.45, 7) is 3.50. The molecule has 0 spiro atoms. The quantitative estimate of drug-likeness (QED) is 0.422. The summed E-state index contributed by atoms with van der Waals surface area (Å²) in [5.74, 6) is 0. The van der Waals surface area contributed by atoms with Gasteiger partial charge in [-0.05, 0) is 31.2 Å². The van der Waals surface area contributed by atoms with Crippen LogP contribution in [0.15, 0.2) is 24.3 Å². The van der Waals surface area contributed by atoms with E-state index in [0.29, 0.717) is 6.54 Å². The van der Waals surface area contributed by atoms with Crippen molar-refractivity contribution in [2.45, 2.75) is 6.92 Å². The molecule has 1 rings (SSSR count). The average molecular weight is 190 g/mol. The number of anilines is 2. The van der Waals surface area contributed by atoms with E-state index in [1.165, 1.54) is 6.21 Å². The molecule has 0 amide bonds. The van der Waals surface area contributed by atoms with Crippen molar-refractivity contribution in [1.29, 1.82) is 0 Å². The Bertz CT molecular complexity index is 311. The van der Waals surface area contributed by atoms with Crippen LogP contribution in [0.25, 0.3) is 5.53 Å². The second-order valence-electron chi connectivity index (χ2n) is 2.79. The maximum Gasteiger partial charge on any atom is 0.276 e. The van der Waals surface area contributed by atoms with Crippen LogP contribution in [0, 0.1) is 0 Å². The van der Waals surface area contributed by atoms with E-state index < -0.39 is 0 Å². The largest absolute Gasteiger partial charge is 0.385 e. The Morgan fingerprint density at radius 3 is 2.29 bits per heavy atom. The molecule has 0 radical (unpaired) electrons. The van der Waals surface area contributed by atoms with Crippen molar-refractivity contribution in [3.8, 4) is 0 Å².